The van der Waals surface area contributed by atoms with E-state index in [2.05, 4.69) is 17.4 Å². The lowest BCUT2D eigenvalue weighted by Gasteiger charge is -2.52. The first kappa shape index (κ1) is 22.4. The SMILES string of the molecule is CC1(C)CN(C(=O)C2OCCC2NC(=O)OCC2c3ccccc3-c3ccccc32)C1C(=O)O. The maximum atomic E-state index is 13.0. The van der Waals surface area contributed by atoms with E-state index in [9.17, 15) is 19.5 Å². The number of carboxylic acids is 1. The molecule has 5 rings (SSSR count). The molecule has 3 aliphatic rings. The molecule has 2 heterocycles. The number of carbonyl (C=O) groups is 3. The van der Waals surface area contributed by atoms with E-state index in [-0.39, 0.29) is 12.5 Å². The Balaban J connectivity index is 1.22. The number of benzene rings is 2. The van der Waals surface area contributed by atoms with Gasteiger partial charge in [-0.2, -0.15) is 0 Å². The second kappa shape index (κ2) is 8.43. The first-order valence-electron chi connectivity index (χ1n) is 11.5. The fraction of sp³-hybridized carbons (Fsp3) is 0.423. The third kappa shape index (κ3) is 3.72. The number of rotatable bonds is 5. The van der Waals surface area contributed by atoms with Gasteiger partial charge >= 0.3 is 12.1 Å². The molecule has 8 nitrogen and oxygen atoms in total. The Morgan fingerprint density at radius 2 is 1.71 bits per heavy atom. The van der Waals surface area contributed by atoms with E-state index >= 15 is 0 Å². The van der Waals surface area contributed by atoms with Crippen molar-refractivity contribution in [3.8, 4) is 11.1 Å². The molecule has 2 aliphatic heterocycles. The summed E-state index contributed by atoms with van der Waals surface area (Å²) in [4.78, 5) is 38.7. The number of likely N-dealkylation sites (tertiary alicyclic amines) is 1. The smallest absolute Gasteiger partial charge is 0.407 e. The summed E-state index contributed by atoms with van der Waals surface area (Å²) in [6.07, 6.45) is -1.08. The monoisotopic (exact) mass is 464 g/mol. The molecular formula is C26H28N2O6. The maximum absolute atomic E-state index is 13.0. The fourth-order valence-corrected chi connectivity index (χ4v) is 5.53. The van der Waals surface area contributed by atoms with E-state index in [0.29, 0.717) is 19.6 Å². The Morgan fingerprint density at radius 3 is 2.29 bits per heavy atom. The minimum atomic E-state index is -1.04. The molecule has 2 aromatic carbocycles. The number of alkyl carbamates (subject to hydrolysis) is 1. The van der Waals surface area contributed by atoms with Crippen LogP contribution < -0.4 is 5.32 Å². The molecule has 0 saturated carbocycles. The van der Waals surface area contributed by atoms with Crippen molar-refractivity contribution in [2.75, 3.05) is 19.8 Å². The number of carboxylic acid groups (broad SMARTS) is 1. The summed E-state index contributed by atoms with van der Waals surface area (Å²) in [6, 6.07) is 14.7. The second-order valence-corrected chi connectivity index (χ2v) is 9.85. The summed E-state index contributed by atoms with van der Waals surface area (Å²) in [5, 5.41) is 12.3. The molecule has 0 aromatic heterocycles. The topological polar surface area (TPSA) is 105 Å². The Bertz CT molecular complexity index is 1100. The molecule has 34 heavy (non-hydrogen) atoms. The van der Waals surface area contributed by atoms with E-state index in [1.165, 1.54) is 4.90 Å². The number of hydrogen-bond acceptors (Lipinski definition) is 5. The van der Waals surface area contributed by atoms with Crippen LogP contribution >= 0.6 is 0 Å². The van der Waals surface area contributed by atoms with Crippen molar-refractivity contribution in [1.82, 2.24) is 10.2 Å². The molecule has 3 atom stereocenters. The molecule has 0 spiro atoms. The van der Waals surface area contributed by atoms with E-state index < -0.39 is 41.6 Å². The molecule has 2 saturated heterocycles. The molecular weight excluding hydrogens is 436 g/mol. The molecule has 8 heteroatoms. The predicted molar refractivity (Wildman–Crippen MR) is 123 cm³/mol. The number of amides is 2. The minimum absolute atomic E-state index is 0.0601. The highest BCUT2D eigenvalue weighted by Crippen LogP contribution is 2.44. The standard InChI is InChI=1S/C26H28N2O6/c1-26(2)14-28(22(26)24(30)31)23(29)21-20(11-12-33-21)27-25(32)34-13-19-17-9-5-3-7-15(17)16-8-4-6-10-18(16)19/h3-10,19-22H,11-14H2,1-2H3,(H,27,32)(H,30,31). The van der Waals surface area contributed by atoms with E-state index in [4.69, 9.17) is 9.47 Å². The Hall–Kier alpha value is -3.39. The summed E-state index contributed by atoms with van der Waals surface area (Å²) in [7, 11) is 0. The van der Waals surface area contributed by atoms with Crippen LogP contribution in [0.2, 0.25) is 0 Å². The Kier molecular flexibility index (Phi) is 5.56. The van der Waals surface area contributed by atoms with Crippen molar-refractivity contribution in [3.63, 3.8) is 0 Å². The van der Waals surface area contributed by atoms with Gasteiger partial charge in [0.05, 0.1) is 6.04 Å². The van der Waals surface area contributed by atoms with Crippen LogP contribution in [0.15, 0.2) is 48.5 Å². The molecule has 2 amide bonds. The summed E-state index contributed by atoms with van der Waals surface area (Å²) in [5.74, 6) is -1.51. The maximum Gasteiger partial charge on any atom is 0.407 e. The van der Waals surface area contributed by atoms with Crippen molar-refractivity contribution in [2.24, 2.45) is 5.41 Å². The van der Waals surface area contributed by atoms with Crippen LogP contribution in [0.4, 0.5) is 4.79 Å². The van der Waals surface area contributed by atoms with Crippen LogP contribution in [-0.4, -0.2) is 65.9 Å². The molecule has 1 aliphatic carbocycles. The second-order valence-electron chi connectivity index (χ2n) is 9.85. The van der Waals surface area contributed by atoms with Gasteiger partial charge in [-0.25, -0.2) is 9.59 Å². The third-order valence-electron chi connectivity index (χ3n) is 7.13. The number of ether oxygens (including phenoxy) is 2. The third-order valence-corrected chi connectivity index (χ3v) is 7.13. The average molecular weight is 465 g/mol. The van der Waals surface area contributed by atoms with Crippen molar-refractivity contribution in [2.45, 2.75) is 44.4 Å². The van der Waals surface area contributed by atoms with Gasteiger partial charge in [0.15, 0.2) is 6.10 Å². The highest BCUT2D eigenvalue weighted by Gasteiger charge is 2.55. The summed E-state index contributed by atoms with van der Waals surface area (Å²) in [6.45, 7) is 4.45. The number of hydrogen-bond donors (Lipinski definition) is 2. The van der Waals surface area contributed by atoms with Gasteiger partial charge in [-0.15, -0.1) is 0 Å². The van der Waals surface area contributed by atoms with Crippen molar-refractivity contribution < 1.29 is 29.0 Å². The van der Waals surface area contributed by atoms with Gasteiger partial charge in [0.25, 0.3) is 5.91 Å². The van der Waals surface area contributed by atoms with Crippen LogP contribution in [-0.2, 0) is 19.1 Å². The highest BCUT2D eigenvalue weighted by molar-refractivity contribution is 5.90. The zero-order valence-corrected chi connectivity index (χ0v) is 19.2. The summed E-state index contributed by atoms with van der Waals surface area (Å²) < 4.78 is 11.2. The van der Waals surface area contributed by atoms with Crippen molar-refractivity contribution in [3.05, 3.63) is 59.7 Å². The zero-order chi connectivity index (χ0) is 24.0. The average Bonchev–Trinajstić information content (AvgIpc) is 3.38. The van der Waals surface area contributed by atoms with Gasteiger partial charge in [-0.1, -0.05) is 62.4 Å². The number of fused-ring (bicyclic) bond motifs is 3. The van der Waals surface area contributed by atoms with E-state index in [0.717, 1.165) is 22.3 Å². The summed E-state index contributed by atoms with van der Waals surface area (Å²) >= 11 is 0. The van der Waals surface area contributed by atoms with Crippen LogP contribution in [0.3, 0.4) is 0 Å². The van der Waals surface area contributed by atoms with Crippen LogP contribution in [0.5, 0.6) is 0 Å². The lowest BCUT2D eigenvalue weighted by Crippen LogP contribution is -2.69. The van der Waals surface area contributed by atoms with E-state index in [1.54, 1.807) is 0 Å². The van der Waals surface area contributed by atoms with Gasteiger partial charge in [0.1, 0.15) is 12.6 Å². The van der Waals surface area contributed by atoms with Crippen LogP contribution in [0, 0.1) is 5.41 Å². The lowest BCUT2D eigenvalue weighted by atomic mass is 9.74. The Labute approximate surface area is 197 Å². The normalized spacial score (nSPS) is 24.6. The fourth-order valence-electron chi connectivity index (χ4n) is 5.53. The predicted octanol–water partition coefficient (Wildman–Crippen LogP) is 3.00. The van der Waals surface area contributed by atoms with Gasteiger partial charge < -0.3 is 24.8 Å². The van der Waals surface area contributed by atoms with E-state index in [1.807, 2.05) is 50.2 Å². The van der Waals surface area contributed by atoms with Gasteiger partial charge in [0.2, 0.25) is 0 Å². The molecule has 2 aromatic rings. The quantitative estimate of drug-likeness (QED) is 0.705. The molecule has 3 unspecified atom stereocenters. The number of aliphatic carboxylic acids is 1. The summed E-state index contributed by atoms with van der Waals surface area (Å²) in [5.41, 5.74) is 4.03. The number of nitrogens with one attached hydrogen (secondary N) is 1. The highest BCUT2D eigenvalue weighted by atomic mass is 16.6. The number of nitrogens with zero attached hydrogens (tertiary/aromatic N) is 1. The molecule has 0 bridgehead atoms. The Morgan fingerprint density at radius 1 is 1.09 bits per heavy atom. The van der Waals surface area contributed by atoms with Crippen molar-refractivity contribution in [1.29, 1.82) is 0 Å². The zero-order valence-electron chi connectivity index (χ0n) is 19.2. The van der Waals surface area contributed by atoms with Crippen molar-refractivity contribution >= 4 is 18.0 Å². The van der Waals surface area contributed by atoms with Crippen LogP contribution in [0.25, 0.3) is 11.1 Å². The molecule has 2 fully saturated rings. The van der Waals surface area contributed by atoms with Gasteiger partial charge in [-0.05, 0) is 28.7 Å². The minimum Gasteiger partial charge on any atom is -0.480 e. The van der Waals surface area contributed by atoms with Gasteiger partial charge in [-0.3, -0.25) is 4.79 Å². The first-order chi connectivity index (χ1) is 16.3. The molecule has 0 radical (unpaired) electrons. The number of carbonyl (C=O) groups excluding carboxylic acids is 2. The largest absolute Gasteiger partial charge is 0.480 e. The molecule has 178 valence electrons. The first-order valence-corrected chi connectivity index (χ1v) is 11.5. The lowest BCUT2D eigenvalue weighted by molar-refractivity contribution is -0.177. The van der Waals surface area contributed by atoms with Crippen LogP contribution in [0.1, 0.15) is 37.3 Å². The molecule has 2 N–H and O–H groups in total. The van der Waals surface area contributed by atoms with Gasteiger partial charge in [0, 0.05) is 24.5 Å².